The van der Waals surface area contributed by atoms with Gasteiger partial charge in [-0.25, -0.2) is 0 Å². The van der Waals surface area contributed by atoms with Gasteiger partial charge in [0.1, 0.15) is 6.04 Å². The second-order valence-corrected chi connectivity index (χ2v) is 5.43. The van der Waals surface area contributed by atoms with Crippen molar-refractivity contribution in [1.82, 2.24) is 10.2 Å². The molecule has 1 saturated carbocycles. The number of hydrogen-bond donors (Lipinski definition) is 2. The normalized spacial score (nSPS) is 16.6. The topological polar surface area (TPSA) is 52.6 Å². The molecule has 0 aliphatic heterocycles. The zero-order valence-electron chi connectivity index (χ0n) is 11.6. The van der Waals surface area contributed by atoms with Gasteiger partial charge in [-0.15, -0.1) is 0 Å². The fraction of sp³-hybridized carbons (Fsp3) is 0.533. The first-order valence-electron chi connectivity index (χ1n) is 6.79. The second kappa shape index (κ2) is 6.17. The van der Waals surface area contributed by atoms with Crippen molar-refractivity contribution in [2.24, 2.45) is 0 Å². The number of nitrogens with zero attached hydrogens (tertiary/aromatic N) is 1. The van der Waals surface area contributed by atoms with E-state index in [1.165, 1.54) is 18.4 Å². The quantitative estimate of drug-likeness (QED) is 0.787. The van der Waals surface area contributed by atoms with Crippen LogP contribution in [0.4, 0.5) is 0 Å². The van der Waals surface area contributed by atoms with Gasteiger partial charge in [0, 0.05) is 13.1 Å². The minimum atomic E-state index is -0.799. The summed E-state index contributed by atoms with van der Waals surface area (Å²) in [5.74, 6) is -0.236. The Balaban J connectivity index is 2.12. The van der Waals surface area contributed by atoms with Gasteiger partial charge in [0.25, 0.3) is 0 Å². The van der Waals surface area contributed by atoms with Crippen molar-refractivity contribution in [3.8, 4) is 0 Å². The van der Waals surface area contributed by atoms with Gasteiger partial charge in [-0.3, -0.25) is 10.1 Å². The summed E-state index contributed by atoms with van der Waals surface area (Å²) < 4.78 is 0. The van der Waals surface area contributed by atoms with Crippen molar-refractivity contribution in [1.29, 1.82) is 0 Å². The minimum absolute atomic E-state index is 0.564. The van der Waals surface area contributed by atoms with E-state index in [4.69, 9.17) is 0 Å². The highest BCUT2D eigenvalue weighted by molar-refractivity contribution is 5.76. The third-order valence-corrected chi connectivity index (χ3v) is 3.48. The van der Waals surface area contributed by atoms with Gasteiger partial charge in [-0.2, -0.15) is 0 Å². The highest BCUT2D eigenvalue weighted by atomic mass is 16.4. The van der Waals surface area contributed by atoms with E-state index >= 15 is 0 Å². The van der Waals surface area contributed by atoms with Gasteiger partial charge in [-0.05, 0) is 44.0 Å². The maximum absolute atomic E-state index is 11.5. The maximum Gasteiger partial charge on any atom is 0.325 e. The number of aliphatic carboxylic acids is 1. The molecule has 1 atom stereocenters. The molecule has 1 unspecified atom stereocenters. The number of rotatable bonds is 7. The van der Waals surface area contributed by atoms with Crippen molar-refractivity contribution in [3.05, 3.63) is 35.4 Å². The Kier molecular flexibility index (Phi) is 4.56. The molecule has 1 aliphatic carbocycles. The number of carbonyl (C=O) groups is 1. The minimum Gasteiger partial charge on any atom is -0.480 e. The second-order valence-electron chi connectivity index (χ2n) is 5.43. The molecule has 1 aliphatic rings. The van der Waals surface area contributed by atoms with Crippen molar-refractivity contribution in [3.63, 3.8) is 0 Å². The number of carboxylic acids is 1. The highest BCUT2D eigenvalue weighted by Gasteiger charge is 2.30. The molecular formula is C15H22N2O2. The van der Waals surface area contributed by atoms with Crippen LogP contribution >= 0.6 is 0 Å². The molecule has 4 heteroatoms. The molecule has 4 nitrogen and oxygen atoms in total. The van der Waals surface area contributed by atoms with E-state index in [2.05, 4.69) is 11.4 Å². The molecule has 0 heterocycles. The van der Waals surface area contributed by atoms with Crippen LogP contribution in [-0.4, -0.2) is 43.2 Å². The first kappa shape index (κ1) is 14.0. The molecule has 2 N–H and O–H groups in total. The summed E-state index contributed by atoms with van der Waals surface area (Å²) in [6.45, 7) is 1.50. The van der Waals surface area contributed by atoms with Crippen molar-refractivity contribution in [2.75, 3.05) is 27.2 Å². The highest BCUT2D eigenvalue weighted by Crippen LogP contribution is 2.42. The largest absolute Gasteiger partial charge is 0.480 e. The Morgan fingerprint density at radius 1 is 1.42 bits per heavy atom. The van der Waals surface area contributed by atoms with Crippen LogP contribution in [0.5, 0.6) is 0 Å². The molecule has 104 valence electrons. The lowest BCUT2D eigenvalue weighted by Gasteiger charge is -2.19. The number of benzene rings is 1. The van der Waals surface area contributed by atoms with Gasteiger partial charge in [0.2, 0.25) is 0 Å². The molecule has 0 amide bonds. The molecule has 0 saturated heterocycles. The fourth-order valence-electron chi connectivity index (χ4n) is 2.30. The van der Waals surface area contributed by atoms with Crippen LogP contribution in [0.1, 0.15) is 35.9 Å². The zero-order valence-corrected chi connectivity index (χ0v) is 11.6. The van der Waals surface area contributed by atoms with Crippen LogP contribution in [0.25, 0.3) is 0 Å². The molecule has 0 radical (unpaired) electrons. The fourth-order valence-corrected chi connectivity index (χ4v) is 2.30. The van der Waals surface area contributed by atoms with Crippen LogP contribution in [0.3, 0.4) is 0 Å². The standard InChI is InChI=1S/C15H22N2O2/c1-17(2)10-9-16-14(15(18)19)13-6-4-3-5-12(13)11-7-8-11/h3-6,11,14,16H,7-10H2,1-2H3,(H,18,19). The summed E-state index contributed by atoms with van der Waals surface area (Å²) in [6.07, 6.45) is 2.36. The smallest absolute Gasteiger partial charge is 0.325 e. The van der Waals surface area contributed by atoms with Crippen molar-refractivity contribution in [2.45, 2.75) is 24.8 Å². The van der Waals surface area contributed by atoms with Gasteiger partial charge >= 0.3 is 5.97 Å². The van der Waals surface area contributed by atoms with E-state index in [1.807, 2.05) is 37.2 Å². The Labute approximate surface area is 114 Å². The van der Waals surface area contributed by atoms with Gasteiger partial charge in [0.05, 0.1) is 0 Å². The lowest BCUT2D eigenvalue weighted by atomic mass is 9.97. The Bertz CT molecular complexity index is 442. The van der Waals surface area contributed by atoms with Gasteiger partial charge in [-0.1, -0.05) is 24.3 Å². The van der Waals surface area contributed by atoms with Crippen LogP contribution in [0.15, 0.2) is 24.3 Å². The molecular weight excluding hydrogens is 240 g/mol. The molecule has 1 fully saturated rings. The van der Waals surface area contributed by atoms with E-state index in [9.17, 15) is 9.90 Å². The van der Waals surface area contributed by atoms with E-state index in [0.717, 1.165) is 12.1 Å². The Hall–Kier alpha value is -1.39. The lowest BCUT2D eigenvalue weighted by molar-refractivity contribution is -0.139. The molecule has 0 spiro atoms. The summed E-state index contributed by atoms with van der Waals surface area (Å²) >= 11 is 0. The Morgan fingerprint density at radius 3 is 2.68 bits per heavy atom. The molecule has 1 aromatic carbocycles. The monoisotopic (exact) mass is 262 g/mol. The van der Waals surface area contributed by atoms with E-state index in [1.54, 1.807) is 0 Å². The van der Waals surface area contributed by atoms with Crippen molar-refractivity contribution < 1.29 is 9.90 Å². The summed E-state index contributed by atoms with van der Waals surface area (Å²) in [6, 6.07) is 7.32. The summed E-state index contributed by atoms with van der Waals surface area (Å²) in [7, 11) is 3.96. The first-order valence-corrected chi connectivity index (χ1v) is 6.79. The molecule has 1 aromatic rings. The number of nitrogens with one attached hydrogen (secondary N) is 1. The molecule has 0 aromatic heterocycles. The van der Waals surface area contributed by atoms with Crippen LogP contribution < -0.4 is 5.32 Å². The number of hydrogen-bond acceptors (Lipinski definition) is 3. The number of likely N-dealkylation sites (N-methyl/N-ethyl adjacent to an activating group) is 1. The molecule has 19 heavy (non-hydrogen) atoms. The zero-order chi connectivity index (χ0) is 13.8. The van der Waals surface area contributed by atoms with E-state index in [0.29, 0.717) is 12.5 Å². The van der Waals surface area contributed by atoms with Gasteiger partial charge < -0.3 is 10.0 Å². The average molecular weight is 262 g/mol. The van der Waals surface area contributed by atoms with Crippen LogP contribution in [-0.2, 0) is 4.79 Å². The molecule has 0 bridgehead atoms. The Morgan fingerprint density at radius 2 is 2.11 bits per heavy atom. The summed E-state index contributed by atoms with van der Waals surface area (Å²) in [5.41, 5.74) is 2.13. The van der Waals surface area contributed by atoms with Gasteiger partial charge in [0.15, 0.2) is 0 Å². The maximum atomic E-state index is 11.5. The molecule has 2 rings (SSSR count). The lowest BCUT2D eigenvalue weighted by Crippen LogP contribution is -2.34. The summed E-state index contributed by atoms with van der Waals surface area (Å²) in [5, 5.41) is 12.6. The number of carboxylic acid groups (broad SMARTS) is 1. The average Bonchev–Trinajstić information content (AvgIpc) is 3.18. The van der Waals surface area contributed by atoms with E-state index < -0.39 is 12.0 Å². The van der Waals surface area contributed by atoms with E-state index in [-0.39, 0.29) is 0 Å². The predicted octanol–water partition coefficient (Wildman–Crippen LogP) is 1.84. The predicted molar refractivity (Wildman–Crippen MR) is 75.4 cm³/mol. The third-order valence-electron chi connectivity index (χ3n) is 3.48. The first-order chi connectivity index (χ1) is 9.09. The summed E-state index contributed by atoms with van der Waals surface area (Å²) in [4.78, 5) is 13.5. The SMILES string of the molecule is CN(C)CCNC(C(=O)O)c1ccccc1C1CC1. The van der Waals surface area contributed by atoms with Crippen LogP contribution in [0.2, 0.25) is 0 Å². The third kappa shape index (κ3) is 3.78. The van der Waals surface area contributed by atoms with Crippen molar-refractivity contribution >= 4 is 5.97 Å². The van der Waals surface area contributed by atoms with Crippen LogP contribution in [0, 0.1) is 0 Å².